The normalized spacial score (nSPS) is 21.7. The van der Waals surface area contributed by atoms with Crippen LogP contribution in [0.3, 0.4) is 0 Å². The fourth-order valence-corrected chi connectivity index (χ4v) is 10.5. The molecule has 2 aromatic heterocycles. The van der Waals surface area contributed by atoms with Crippen molar-refractivity contribution >= 4 is 57.8 Å². The Morgan fingerprint density at radius 1 is 0.952 bits per heavy atom. The second-order valence-electron chi connectivity index (χ2n) is 18.6. The Kier molecular flexibility index (Phi) is 11.7. The summed E-state index contributed by atoms with van der Waals surface area (Å²) in [6.07, 6.45) is 3.97. The molecule has 0 bridgehead atoms. The van der Waals surface area contributed by atoms with E-state index in [0.29, 0.717) is 46.6 Å². The Labute approximate surface area is 367 Å². The Bertz CT molecular complexity index is 2410. The number of hydrogen-bond acceptors (Lipinski definition) is 10. The number of amides is 5. The van der Waals surface area contributed by atoms with Crippen LogP contribution in [-0.4, -0.2) is 113 Å². The van der Waals surface area contributed by atoms with Crippen LogP contribution >= 0.6 is 11.6 Å². The fourth-order valence-electron chi connectivity index (χ4n) is 10.3. The lowest BCUT2D eigenvalue weighted by atomic mass is 9.49. The van der Waals surface area contributed by atoms with E-state index in [4.69, 9.17) is 16.3 Å². The molecule has 0 spiro atoms. The number of nitriles is 1. The molecule has 2 aromatic carbocycles. The zero-order valence-electron chi connectivity index (χ0n) is 36.3. The third kappa shape index (κ3) is 8.18. The number of halogens is 1. The molecule has 0 radical (unpaired) electrons. The van der Waals surface area contributed by atoms with E-state index < -0.39 is 16.9 Å². The molecule has 4 aromatic rings. The van der Waals surface area contributed by atoms with Gasteiger partial charge in [0, 0.05) is 105 Å². The van der Waals surface area contributed by atoms with Gasteiger partial charge in [0.05, 0.1) is 21.8 Å². The number of benzene rings is 2. The predicted molar refractivity (Wildman–Crippen MR) is 237 cm³/mol. The topological polar surface area (TPSA) is 169 Å². The van der Waals surface area contributed by atoms with Gasteiger partial charge in [-0.25, -0.2) is 4.79 Å². The Balaban J connectivity index is 0.816. The first kappa shape index (κ1) is 42.9. The minimum Gasteiger partial charge on any atom is -0.489 e. The van der Waals surface area contributed by atoms with Gasteiger partial charge < -0.3 is 24.4 Å². The maximum atomic E-state index is 14.0. The summed E-state index contributed by atoms with van der Waals surface area (Å²) in [5.74, 6) is 1.20. The molecule has 16 heteroatoms. The molecule has 15 nitrogen and oxygen atoms in total. The Morgan fingerprint density at radius 3 is 2.31 bits per heavy atom. The van der Waals surface area contributed by atoms with Gasteiger partial charge in [0.25, 0.3) is 11.8 Å². The highest BCUT2D eigenvalue weighted by Gasteiger charge is 2.64. The SMILES string of the molecule is CC(C)n1ccc2c(N3CCC(=O)NC3=O)cc(C(=O)N3CCN(CC4CCN(c5ccc(C(=O)N[C@H]6C(C)(C)[C@H](Oc7ccc(C#N)c(Cl)c7)C6(C)C)nn5)CC4)CC3)cc21. The van der Waals surface area contributed by atoms with Crippen LogP contribution in [0.25, 0.3) is 10.9 Å². The number of nitrogens with one attached hydrogen (secondary N) is 2. The van der Waals surface area contributed by atoms with E-state index in [1.165, 1.54) is 0 Å². The number of anilines is 2. The summed E-state index contributed by atoms with van der Waals surface area (Å²) in [6.45, 7) is 18.1. The van der Waals surface area contributed by atoms with Crippen molar-refractivity contribution in [2.75, 3.05) is 62.2 Å². The number of fused-ring (bicyclic) bond motifs is 1. The highest BCUT2D eigenvalue weighted by Crippen LogP contribution is 2.55. The summed E-state index contributed by atoms with van der Waals surface area (Å²) >= 11 is 6.25. The summed E-state index contributed by atoms with van der Waals surface area (Å²) in [5, 5.41) is 24.8. The number of rotatable bonds is 10. The molecular weight excluding hydrogens is 808 g/mol. The van der Waals surface area contributed by atoms with E-state index >= 15 is 0 Å². The number of nitrogens with zero attached hydrogens (tertiary/aromatic N) is 8. The number of hydrogen-bond donors (Lipinski definition) is 2. The van der Waals surface area contributed by atoms with Gasteiger partial charge in [0.15, 0.2) is 11.5 Å². The van der Waals surface area contributed by atoms with Gasteiger partial charge in [-0.15, -0.1) is 10.2 Å². The molecule has 1 aliphatic carbocycles. The number of imide groups is 1. The largest absolute Gasteiger partial charge is 0.489 e. The maximum Gasteiger partial charge on any atom is 0.328 e. The van der Waals surface area contributed by atoms with Crippen molar-refractivity contribution in [3.05, 3.63) is 76.6 Å². The predicted octanol–water partition coefficient (Wildman–Crippen LogP) is 6.27. The summed E-state index contributed by atoms with van der Waals surface area (Å²) in [7, 11) is 0. The highest BCUT2D eigenvalue weighted by molar-refractivity contribution is 6.31. The minimum atomic E-state index is -0.469. The van der Waals surface area contributed by atoms with Gasteiger partial charge in [-0.2, -0.15) is 5.26 Å². The van der Waals surface area contributed by atoms with E-state index in [-0.39, 0.29) is 54.6 Å². The van der Waals surface area contributed by atoms with Crippen LogP contribution in [0.2, 0.25) is 5.02 Å². The van der Waals surface area contributed by atoms with Crippen molar-refractivity contribution in [2.24, 2.45) is 16.7 Å². The zero-order chi connectivity index (χ0) is 44.1. The smallest absolute Gasteiger partial charge is 0.328 e. The molecule has 3 saturated heterocycles. The molecule has 5 heterocycles. The summed E-state index contributed by atoms with van der Waals surface area (Å²) < 4.78 is 8.47. The molecule has 4 aliphatic rings. The number of piperidine rings is 1. The first-order valence-corrected chi connectivity index (χ1v) is 22.0. The monoisotopic (exact) mass is 862 g/mol. The first-order chi connectivity index (χ1) is 29.5. The molecule has 0 unspecified atom stereocenters. The van der Waals surface area contributed by atoms with Crippen molar-refractivity contribution in [3.63, 3.8) is 0 Å². The molecule has 2 N–H and O–H groups in total. The van der Waals surface area contributed by atoms with Gasteiger partial charge in [-0.1, -0.05) is 39.3 Å². The van der Waals surface area contributed by atoms with Crippen LogP contribution in [0, 0.1) is 28.1 Å². The van der Waals surface area contributed by atoms with Gasteiger partial charge in [-0.05, 0) is 75.1 Å². The highest BCUT2D eigenvalue weighted by atomic mass is 35.5. The van der Waals surface area contributed by atoms with Crippen molar-refractivity contribution in [2.45, 2.75) is 79.0 Å². The average Bonchev–Trinajstić information content (AvgIpc) is 3.69. The fraction of sp³-hybridized carbons (Fsp3) is 0.500. The molecule has 326 valence electrons. The molecule has 8 rings (SSSR count). The number of carbonyl (C=O) groups excluding carboxylic acids is 4. The van der Waals surface area contributed by atoms with Crippen LogP contribution < -0.4 is 25.2 Å². The average molecular weight is 863 g/mol. The van der Waals surface area contributed by atoms with E-state index in [1.807, 2.05) is 29.3 Å². The van der Waals surface area contributed by atoms with Gasteiger partial charge >= 0.3 is 6.03 Å². The van der Waals surface area contributed by atoms with Crippen LogP contribution in [0.1, 0.15) is 93.3 Å². The first-order valence-electron chi connectivity index (χ1n) is 21.6. The van der Waals surface area contributed by atoms with Crippen molar-refractivity contribution < 1.29 is 23.9 Å². The van der Waals surface area contributed by atoms with Crippen LogP contribution in [0.5, 0.6) is 5.75 Å². The lowest BCUT2D eigenvalue weighted by molar-refractivity contribution is -0.164. The molecule has 3 aliphatic heterocycles. The van der Waals surface area contributed by atoms with E-state index in [2.05, 4.69) is 82.8 Å². The van der Waals surface area contributed by atoms with E-state index in [1.54, 1.807) is 35.2 Å². The number of ether oxygens (including phenoxy) is 1. The standard InChI is InChI=1S/C46H55ClN10O5/c1-28(2)56-17-13-33-36(56)23-31(24-37(33)57-18-14-39(58)49-44(57)61)41(60)55-21-19-53(20-22-55)27-29-11-15-54(16-12-29)38-10-9-35(51-52-38)40(59)50-42-45(3,4)43(46(42,5)6)62-32-8-7-30(26-48)34(47)25-32/h7-10,13,17,23-25,28-29,42-43H,11-12,14-16,18-22,27H2,1-6H3,(H,50,59)(H,49,58,61)/t42-,43-. The zero-order valence-corrected chi connectivity index (χ0v) is 37.0. The molecular formula is C46H55ClN10O5. The van der Waals surface area contributed by atoms with Gasteiger partial charge in [-0.3, -0.25) is 29.5 Å². The Morgan fingerprint density at radius 2 is 1.68 bits per heavy atom. The van der Waals surface area contributed by atoms with Crippen molar-refractivity contribution in [1.29, 1.82) is 5.26 Å². The second kappa shape index (κ2) is 16.9. The summed E-state index contributed by atoms with van der Waals surface area (Å²) in [6, 6.07) is 15.9. The van der Waals surface area contributed by atoms with Crippen LogP contribution in [-0.2, 0) is 4.79 Å². The number of aromatic nitrogens is 3. The third-order valence-electron chi connectivity index (χ3n) is 13.4. The quantitative estimate of drug-likeness (QED) is 0.185. The lowest BCUT2D eigenvalue weighted by Crippen LogP contribution is -2.74. The number of piperazine rings is 1. The van der Waals surface area contributed by atoms with Crippen molar-refractivity contribution in [1.82, 2.24) is 35.2 Å². The van der Waals surface area contributed by atoms with Crippen LogP contribution in [0.4, 0.5) is 16.3 Å². The minimum absolute atomic E-state index is 0.0585. The van der Waals surface area contributed by atoms with Crippen LogP contribution in [0.15, 0.2) is 54.7 Å². The number of carbonyl (C=O) groups is 4. The molecule has 5 amide bonds. The maximum absolute atomic E-state index is 14.0. The number of urea groups is 1. The van der Waals surface area contributed by atoms with Gasteiger partial charge in [0.2, 0.25) is 5.91 Å². The Hall–Kier alpha value is -5.72. The van der Waals surface area contributed by atoms with E-state index in [0.717, 1.165) is 62.3 Å². The van der Waals surface area contributed by atoms with Gasteiger partial charge in [0.1, 0.15) is 17.9 Å². The lowest BCUT2D eigenvalue weighted by Gasteiger charge is -2.63. The molecule has 0 atom stereocenters. The summed E-state index contributed by atoms with van der Waals surface area (Å²) in [5.41, 5.74) is 1.91. The molecule has 62 heavy (non-hydrogen) atoms. The molecule has 4 fully saturated rings. The van der Waals surface area contributed by atoms with Crippen molar-refractivity contribution in [3.8, 4) is 11.8 Å². The van der Waals surface area contributed by atoms with E-state index in [9.17, 15) is 24.4 Å². The third-order valence-corrected chi connectivity index (χ3v) is 13.7. The second-order valence-corrected chi connectivity index (χ2v) is 19.0. The summed E-state index contributed by atoms with van der Waals surface area (Å²) in [4.78, 5) is 60.4. The molecule has 1 saturated carbocycles.